The van der Waals surface area contributed by atoms with Crippen LogP contribution in [0.1, 0.15) is 95.8 Å². The number of nitrogens with zero attached hydrogens (tertiary/aromatic N) is 2. The van der Waals surface area contributed by atoms with Crippen LogP contribution in [0.2, 0.25) is 0 Å². The number of carboxylic acid groups (broad SMARTS) is 1. The summed E-state index contributed by atoms with van der Waals surface area (Å²) in [5.74, 6) is -4.49. The van der Waals surface area contributed by atoms with Crippen LogP contribution in [0.4, 0.5) is 10.5 Å². The number of ketones is 2. The van der Waals surface area contributed by atoms with Crippen LogP contribution in [-0.2, 0) is 46.3 Å². The Labute approximate surface area is 476 Å². The molecule has 0 spiro atoms. The van der Waals surface area contributed by atoms with Gasteiger partial charge >= 0.3 is 12.0 Å². The number of aromatic nitrogens is 1. The number of ether oxygens (including phenoxy) is 2. The first-order valence-corrected chi connectivity index (χ1v) is 27.7. The second-order valence-electron chi connectivity index (χ2n) is 21.1. The van der Waals surface area contributed by atoms with Gasteiger partial charge in [0.25, 0.3) is 17.7 Å². The molecule has 3 unspecified atom stereocenters. The van der Waals surface area contributed by atoms with E-state index >= 15 is 0 Å². The highest BCUT2D eigenvalue weighted by Crippen LogP contribution is 2.47. The molecule has 10 N–H and O–H groups in total. The number of carboxylic acids is 1. The molecule has 4 aromatic carbocycles. The van der Waals surface area contributed by atoms with Crippen molar-refractivity contribution in [2.75, 3.05) is 37.0 Å². The molecular formula is C59H66ClN7O15. The Morgan fingerprint density at radius 2 is 1.50 bits per heavy atom. The molecule has 1 saturated heterocycles. The molecule has 1 aromatic heterocycles. The molecule has 1 fully saturated rings. The van der Waals surface area contributed by atoms with E-state index in [1.165, 1.54) is 12.2 Å². The SMILES string of the molecule is CC(C)[C@H](CCCNC(=O)CCCN1C(=O)C=CC1=O)C(=O)N[C@@H](CCCNC(N)=O)C(=O)Cc1ccc(C(=O)Cc2ccc3[nH]c(C(=O)N4C[C@@H](CCl)c5c4cc(OC4O[C@H](C(=O)O)C(O)[C@H](O)C4O)c4ccccc54)cc3c2)cc1. The number of aliphatic hydroxyl groups is 3. The first-order chi connectivity index (χ1) is 39.2. The average molecular weight is 1150 g/mol. The first-order valence-electron chi connectivity index (χ1n) is 27.2. The Kier molecular flexibility index (Phi) is 19.6. The van der Waals surface area contributed by atoms with Crippen molar-refractivity contribution < 1.29 is 73.1 Å². The molecule has 5 aromatic rings. The number of H-pyrrole nitrogens is 1. The van der Waals surface area contributed by atoms with Gasteiger partial charge in [0.1, 0.15) is 29.8 Å². The maximum atomic E-state index is 14.5. The third-order valence-electron chi connectivity index (χ3n) is 15.1. The number of imide groups is 1. The van der Waals surface area contributed by atoms with Crippen molar-refractivity contribution in [1.29, 1.82) is 0 Å². The van der Waals surface area contributed by atoms with Crippen molar-refractivity contribution in [2.45, 2.75) is 108 Å². The van der Waals surface area contributed by atoms with Gasteiger partial charge in [-0.3, -0.25) is 38.5 Å². The number of alkyl halides is 1. The largest absolute Gasteiger partial charge is 0.479 e. The van der Waals surface area contributed by atoms with E-state index in [1.54, 1.807) is 77.7 Å². The van der Waals surface area contributed by atoms with E-state index < -0.39 is 72.4 Å². The molecule has 7 amide bonds. The van der Waals surface area contributed by atoms with Gasteiger partial charge < -0.3 is 61.5 Å². The van der Waals surface area contributed by atoms with Gasteiger partial charge in [-0.15, -0.1) is 11.6 Å². The summed E-state index contributed by atoms with van der Waals surface area (Å²) < 4.78 is 11.5. The zero-order valence-corrected chi connectivity index (χ0v) is 45.9. The quantitative estimate of drug-likeness (QED) is 0.0164. The molecule has 3 aliphatic rings. The average Bonchev–Trinajstić information content (AvgIpc) is 2.74. The van der Waals surface area contributed by atoms with Crippen LogP contribution >= 0.6 is 11.6 Å². The summed E-state index contributed by atoms with van der Waals surface area (Å²) in [6.07, 6.45) is -5.04. The minimum atomic E-state index is -1.92. The molecule has 3 aliphatic heterocycles. The molecule has 8 atom stereocenters. The summed E-state index contributed by atoms with van der Waals surface area (Å²) in [6, 6.07) is 20.7. The minimum absolute atomic E-state index is 0.0121. The summed E-state index contributed by atoms with van der Waals surface area (Å²) in [5.41, 5.74) is 8.98. The molecule has 22 nitrogen and oxygen atoms in total. The topological polar surface area (TPSA) is 337 Å². The van der Waals surface area contributed by atoms with E-state index in [-0.39, 0.29) is 97.9 Å². The van der Waals surface area contributed by atoms with Crippen LogP contribution in [0.3, 0.4) is 0 Å². The van der Waals surface area contributed by atoms with E-state index in [9.17, 15) is 63.6 Å². The van der Waals surface area contributed by atoms with Crippen molar-refractivity contribution in [3.63, 3.8) is 0 Å². The number of aliphatic carboxylic acids is 1. The van der Waals surface area contributed by atoms with E-state index in [4.69, 9.17) is 26.8 Å². The maximum absolute atomic E-state index is 14.5. The van der Waals surface area contributed by atoms with Crippen LogP contribution in [-0.4, -0.2) is 152 Å². The lowest BCUT2D eigenvalue weighted by Crippen LogP contribution is -2.61. The number of Topliss-reactive ketones (excluding diaryl/α,β-unsaturated/α-hetero) is 2. The van der Waals surface area contributed by atoms with Gasteiger partial charge in [-0.25, -0.2) is 9.59 Å². The number of aromatic amines is 1. The standard InChI is InChI=1S/C59H66ClN7O15/c1-31(2)37(10-5-21-62-47(70)12-7-23-66-48(71)19-20-49(66)72)55(76)65-41(11-6-22-63-59(61)80)45(69)25-32-13-16-34(17-14-32)44(68)26-33-15-18-40-35(24-33)27-42(64-40)56(77)67-30-36(29-60)50-39-9-4-3-8-38(39)46(28-43(50)67)81-58-53(75)51(73)52(74)54(82-58)57(78)79/h3-4,8-9,13-20,24,27-28,31,36-37,41,51-54,58,64,73-75H,5-7,10-12,21-23,25-26,29-30H2,1-2H3,(H,62,70)(H,65,76)(H,78,79)(H3,61,63,80)/t36-,37+,41+,51+,52?,53?,54+,58?/m1/s1. The Morgan fingerprint density at radius 3 is 2.18 bits per heavy atom. The third kappa shape index (κ3) is 14.0. The Morgan fingerprint density at radius 1 is 0.817 bits per heavy atom. The van der Waals surface area contributed by atoms with Crippen LogP contribution < -0.4 is 31.3 Å². The molecule has 4 heterocycles. The summed E-state index contributed by atoms with van der Waals surface area (Å²) in [7, 11) is 0. The van der Waals surface area contributed by atoms with Gasteiger partial charge in [0, 0.05) is 103 Å². The van der Waals surface area contributed by atoms with Crippen molar-refractivity contribution in [3.05, 3.63) is 119 Å². The number of urea groups is 1. The van der Waals surface area contributed by atoms with Crippen molar-refractivity contribution in [1.82, 2.24) is 25.8 Å². The van der Waals surface area contributed by atoms with Gasteiger partial charge in [0.15, 0.2) is 17.7 Å². The smallest absolute Gasteiger partial charge is 0.335 e. The lowest BCUT2D eigenvalue weighted by molar-refractivity contribution is -0.270. The van der Waals surface area contributed by atoms with Crippen LogP contribution in [0.25, 0.3) is 21.7 Å². The lowest BCUT2D eigenvalue weighted by Gasteiger charge is -2.38. The molecule has 0 radical (unpaired) electrons. The van der Waals surface area contributed by atoms with Crippen LogP contribution in [0, 0.1) is 11.8 Å². The van der Waals surface area contributed by atoms with Crippen molar-refractivity contribution in [2.24, 2.45) is 17.6 Å². The number of hydrogen-bond acceptors (Lipinski definition) is 14. The summed E-state index contributed by atoms with van der Waals surface area (Å²) in [5, 5.41) is 51.3. The second-order valence-corrected chi connectivity index (χ2v) is 21.4. The molecule has 0 bridgehead atoms. The number of anilines is 1. The number of rotatable bonds is 26. The van der Waals surface area contributed by atoms with E-state index in [1.807, 2.05) is 19.9 Å². The fraction of sp³-hybridized carbons (Fsp3) is 0.407. The van der Waals surface area contributed by atoms with Crippen LogP contribution in [0.5, 0.6) is 5.75 Å². The zero-order valence-electron chi connectivity index (χ0n) is 45.2. The third-order valence-corrected chi connectivity index (χ3v) is 15.4. The Hall–Kier alpha value is -8.02. The number of halogens is 1. The zero-order chi connectivity index (χ0) is 58.9. The fourth-order valence-corrected chi connectivity index (χ4v) is 10.9. The predicted molar refractivity (Wildman–Crippen MR) is 300 cm³/mol. The summed E-state index contributed by atoms with van der Waals surface area (Å²) in [6.45, 7) is 4.59. The minimum Gasteiger partial charge on any atom is -0.479 e. The monoisotopic (exact) mass is 1150 g/mol. The van der Waals surface area contributed by atoms with Gasteiger partial charge in [0.2, 0.25) is 18.1 Å². The van der Waals surface area contributed by atoms with E-state index in [0.717, 1.165) is 10.5 Å². The first kappa shape index (κ1) is 60.1. The molecule has 23 heteroatoms. The van der Waals surface area contributed by atoms with Crippen molar-refractivity contribution in [3.8, 4) is 5.75 Å². The summed E-state index contributed by atoms with van der Waals surface area (Å²) >= 11 is 6.53. The highest BCUT2D eigenvalue weighted by molar-refractivity contribution is 6.19. The fourth-order valence-electron chi connectivity index (χ4n) is 10.6. The number of nitrogens with one attached hydrogen (secondary N) is 4. The number of primary amides is 1. The maximum Gasteiger partial charge on any atom is 0.335 e. The van der Waals surface area contributed by atoms with Crippen molar-refractivity contribution >= 4 is 92.1 Å². The molecule has 434 valence electrons. The number of nitrogens with two attached hydrogens (primary N) is 1. The van der Waals surface area contributed by atoms with Crippen LogP contribution in [0.15, 0.2) is 91.0 Å². The highest BCUT2D eigenvalue weighted by atomic mass is 35.5. The van der Waals surface area contributed by atoms with Gasteiger partial charge in [-0.1, -0.05) is 68.4 Å². The molecular weight excluding hydrogens is 1080 g/mol. The number of amides is 7. The van der Waals surface area contributed by atoms with E-state index in [2.05, 4.69) is 20.9 Å². The molecule has 0 aliphatic carbocycles. The van der Waals surface area contributed by atoms with E-state index in [0.29, 0.717) is 76.3 Å². The number of hydrogen-bond donors (Lipinski definition) is 9. The van der Waals surface area contributed by atoms with Gasteiger partial charge in [-0.05, 0) is 78.3 Å². The highest BCUT2D eigenvalue weighted by Gasteiger charge is 2.48. The second kappa shape index (κ2) is 26.7. The normalized spacial score (nSPS) is 20.2. The summed E-state index contributed by atoms with van der Waals surface area (Å²) in [4.78, 5) is 121. The molecule has 8 rings (SSSR count). The lowest BCUT2D eigenvalue weighted by atomic mass is 9.89. The van der Waals surface area contributed by atoms with Gasteiger partial charge in [0.05, 0.1) is 11.7 Å². The number of carbonyl (C=O) groups excluding carboxylic acids is 8. The predicted octanol–water partition coefficient (Wildman–Crippen LogP) is 3.92. The molecule has 82 heavy (non-hydrogen) atoms. The molecule has 0 saturated carbocycles. The number of carbonyl (C=O) groups is 9. The van der Waals surface area contributed by atoms with Gasteiger partial charge in [-0.2, -0.15) is 0 Å². The Bertz CT molecular complexity index is 3270. The Balaban J connectivity index is 0.885. The number of aliphatic hydroxyl groups excluding tert-OH is 3. The number of benzene rings is 4. The number of fused-ring (bicyclic) bond motifs is 4.